The molecule has 128 valence electrons. The van der Waals surface area contributed by atoms with E-state index in [2.05, 4.69) is 10.6 Å². The van der Waals surface area contributed by atoms with Crippen molar-refractivity contribution in [2.45, 2.75) is 38.5 Å². The normalized spacial score (nSPS) is 20.5. The van der Waals surface area contributed by atoms with Gasteiger partial charge in [-0.05, 0) is 31.0 Å². The maximum atomic E-state index is 12.4. The van der Waals surface area contributed by atoms with Crippen molar-refractivity contribution in [2.75, 3.05) is 25.0 Å². The van der Waals surface area contributed by atoms with E-state index in [1.165, 1.54) is 11.8 Å². The monoisotopic (exact) mass is 329 g/mol. The summed E-state index contributed by atoms with van der Waals surface area (Å²) in [5.74, 6) is -0.138. The third-order valence-electron chi connectivity index (χ3n) is 3.87. The van der Waals surface area contributed by atoms with Crippen LogP contribution in [0, 0.1) is 0 Å². The standard InChI is InChI=1S/C16H22F3N3O/c1-11(13-4-3-5-14(8-13)21-12(2)23)20-15-6-7-22(9-15)10-16(17,18)19/h3-5,8,11,15,20H,6-7,9-10H2,1-2H3,(H,21,23)/t11-,15-/m1/s1. The van der Waals surface area contributed by atoms with Gasteiger partial charge in [0.15, 0.2) is 0 Å². The number of alkyl halides is 3. The van der Waals surface area contributed by atoms with Crippen molar-refractivity contribution in [3.05, 3.63) is 29.8 Å². The Hall–Kier alpha value is -1.60. The SMILES string of the molecule is CC(=O)Nc1cccc([C@@H](C)N[C@@H]2CCN(CC(F)(F)F)C2)c1. The molecule has 0 aliphatic carbocycles. The second-order valence-corrected chi connectivity index (χ2v) is 6.03. The minimum atomic E-state index is -4.15. The molecule has 0 spiro atoms. The average molecular weight is 329 g/mol. The van der Waals surface area contributed by atoms with Gasteiger partial charge in [0.25, 0.3) is 0 Å². The molecule has 1 aliphatic rings. The summed E-state index contributed by atoms with van der Waals surface area (Å²) in [6, 6.07) is 7.51. The molecule has 0 aromatic heterocycles. The summed E-state index contributed by atoms with van der Waals surface area (Å²) in [5.41, 5.74) is 1.71. The third-order valence-corrected chi connectivity index (χ3v) is 3.87. The van der Waals surface area contributed by atoms with Gasteiger partial charge in [0.1, 0.15) is 0 Å². The van der Waals surface area contributed by atoms with E-state index in [0.29, 0.717) is 25.2 Å². The van der Waals surface area contributed by atoms with Crippen molar-refractivity contribution >= 4 is 11.6 Å². The predicted molar refractivity (Wildman–Crippen MR) is 83.2 cm³/mol. The number of nitrogens with one attached hydrogen (secondary N) is 2. The van der Waals surface area contributed by atoms with Gasteiger partial charge in [-0.2, -0.15) is 13.2 Å². The molecule has 2 rings (SSSR count). The molecule has 2 N–H and O–H groups in total. The lowest BCUT2D eigenvalue weighted by Crippen LogP contribution is -2.37. The topological polar surface area (TPSA) is 44.4 Å². The first-order chi connectivity index (χ1) is 10.7. The molecule has 1 aliphatic heterocycles. The van der Waals surface area contributed by atoms with Crippen molar-refractivity contribution in [1.82, 2.24) is 10.2 Å². The number of anilines is 1. The van der Waals surface area contributed by atoms with Gasteiger partial charge in [0.05, 0.1) is 6.54 Å². The molecule has 0 radical (unpaired) electrons. The molecule has 1 saturated heterocycles. The van der Waals surface area contributed by atoms with Crippen LogP contribution in [0.1, 0.15) is 31.9 Å². The maximum absolute atomic E-state index is 12.4. The van der Waals surface area contributed by atoms with E-state index >= 15 is 0 Å². The highest BCUT2D eigenvalue weighted by molar-refractivity contribution is 5.88. The Balaban J connectivity index is 1.90. The zero-order chi connectivity index (χ0) is 17.0. The van der Waals surface area contributed by atoms with Crippen LogP contribution in [0.15, 0.2) is 24.3 Å². The smallest absolute Gasteiger partial charge is 0.326 e. The molecule has 2 atom stereocenters. The van der Waals surface area contributed by atoms with Gasteiger partial charge in [-0.15, -0.1) is 0 Å². The van der Waals surface area contributed by atoms with Crippen LogP contribution in [0.25, 0.3) is 0 Å². The summed E-state index contributed by atoms with van der Waals surface area (Å²) >= 11 is 0. The van der Waals surface area contributed by atoms with E-state index in [-0.39, 0.29) is 18.0 Å². The predicted octanol–water partition coefficient (Wildman–Crippen LogP) is 2.93. The Kier molecular flexibility index (Phi) is 5.64. The summed E-state index contributed by atoms with van der Waals surface area (Å²) in [6.45, 7) is 3.42. The summed E-state index contributed by atoms with van der Waals surface area (Å²) in [6.07, 6.45) is -3.45. The van der Waals surface area contributed by atoms with Gasteiger partial charge in [-0.25, -0.2) is 0 Å². The number of amides is 1. The number of hydrogen-bond donors (Lipinski definition) is 2. The number of hydrogen-bond acceptors (Lipinski definition) is 3. The minimum absolute atomic E-state index is 0.000421. The van der Waals surface area contributed by atoms with Crippen LogP contribution in [0.5, 0.6) is 0 Å². The van der Waals surface area contributed by atoms with E-state index in [1.807, 2.05) is 25.1 Å². The number of benzene rings is 1. The molecular formula is C16H22F3N3O. The summed E-state index contributed by atoms with van der Waals surface area (Å²) < 4.78 is 37.2. The van der Waals surface area contributed by atoms with Crippen LogP contribution in [0.2, 0.25) is 0 Å². The van der Waals surface area contributed by atoms with Gasteiger partial charge in [0, 0.05) is 37.8 Å². The highest BCUT2D eigenvalue weighted by Crippen LogP contribution is 2.22. The number of rotatable bonds is 5. The molecule has 7 heteroatoms. The Morgan fingerprint density at radius 3 is 2.83 bits per heavy atom. The van der Waals surface area contributed by atoms with E-state index < -0.39 is 12.7 Å². The lowest BCUT2D eigenvalue weighted by atomic mass is 10.1. The Morgan fingerprint density at radius 1 is 1.43 bits per heavy atom. The summed E-state index contributed by atoms with van der Waals surface area (Å²) in [4.78, 5) is 12.5. The number of likely N-dealkylation sites (tertiary alicyclic amines) is 1. The van der Waals surface area contributed by atoms with Crippen molar-refractivity contribution in [3.63, 3.8) is 0 Å². The summed E-state index contributed by atoms with van der Waals surface area (Å²) in [7, 11) is 0. The molecule has 1 fully saturated rings. The second kappa shape index (κ2) is 7.31. The Labute approximate surface area is 134 Å². The zero-order valence-electron chi connectivity index (χ0n) is 13.3. The highest BCUT2D eigenvalue weighted by atomic mass is 19.4. The fraction of sp³-hybridized carbons (Fsp3) is 0.562. The molecule has 4 nitrogen and oxygen atoms in total. The second-order valence-electron chi connectivity index (χ2n) is 6.03. The molecule has 0 saturated carbocycles. The van der Waals surface area contributed by atoms with E-state index in [4.69, 9.17) is 0 Å². The average Bonchev–Trinajstić information content (AvgIpc) is 2.83. The number of carbonyl (C=O) groups is 1. The van der Waals surface area contributed by atoms with Crippen molar-refractivity contribution < 1.29 is 18.0 Å². The zero-order valence-corrected chi connectivity index (χ0v) is 13.3. The molecule has 0 unspecified atom stereocenters. The van der Waals surface area contributed by atoms with Crippen LogP contribution in [0.4, 0.5) is 18.9 Å². The van der Waals surface area contributed by atoms with Crippen LogP contribution >= 0.6 is 0 Å². The van der Waals surface area contributed by atoms with Crippen LogP contribution < -0.4 is 10.6 Å². The minimum Gasteiger partial charge on any atom is -0.326 e. The van der Waals surface area contributed by atoms with Gasteiger partial charge in [-0.3, -0.25) is 9.69 Å². The van der Waals surface area contributed by atoms with Gasteiger partial charge < -0.3 is 10.6 Å². The molecule has 1 aromatic carbocycles. The molecule has 23 heavy (non-hydrogen) atoms. The molecule has 1 amide bonds. The Bertz CT molecular complexity index is 548. The Morgan fingerprint density at radius 2 is 2.17 bits per heavy atom. The summed E-state index contributed by atoms with van der Waals surface area (Å²) in [5, 5.41) is 6.10. The van der Waals surface area contributed by atoms with E-state index in [1.54, 1.807) is 6.07 Å². The fourth-order valence-corrected chi connectivity index (χ4v) is 2.90. The van der Waals surface area contributed by atoms with E-state index in [9.17, 15) is 18.0 Å². The molecule has 1 aromatic rings. The van der Waals surface area contributed by atoms with Crippen LogP contribution in [-0.2, 0) is 4.79 Å². The maximum Gasteiger partial charge on any atom is 0.401 e. The quantitative estimate of drug-likeness (QED) is 0.873. The number of carbonyl (C=O) groups excluding carboxylic acids is 1. The first-order valence-corrected chi connectivity index (χ1v) is 7.65. The van der Waals surface area contributed by atoms with Gasteiger partial charge >= 0.3 is 6.18 Å². The van der Waals surface area contributed by atoms with Crippen LogP contribution in [0.3, 0.4) is 0 Å². The first-order valence-electron chi connectivity index (χ1n) is 7.65. The number of nitrogens with zero attached hydrogens (tertiary/aromatic N) is 1. The fourth-order valence-electron chi connectivity index (χ4n) is 2.90. The first kappa shape index (κ1) is 17.7. The van der Waals surface area contributed by atoms with Gasteiger partial charge in [0.2, 0.25) is 5.91 Å². The van der Waals surface area contributed by atoms with Crippen LogP contribution in [-0.4, -0.2) is 42.7 Å². The number of halogens is 3. The van der Waals surface area contributed by atoms with Crippen molar-refractivity contribution in [3.8, 4) is 0 Å². The van der Waals surface area contributed by atoms with Crippen molar-refractivity contribution in [1.29, 1.82) is 0 Å². The molecule has 1 heterocycles. The largest absolute Gasteiger partial charge is 0.401 e. The molecular weight excluding hydrogens is 307 g/mol. The third kappa shape index (κ3) is 5.84. The van der Waals surface area contributed by atoms with E-state index in [0.717, 1.165) is 5.56 Å². The molecule has 0 bridgehead atoms. The lowest BCUT2D eigenvalue weighted by molar-refractivity contribution is -0.143. The highest BCUT2D eigenvalue weighted by Gasteiger charge is 2.34. The van der Waals surface area contributed by atoms with Gasteiger partial charge in [-0.1, -0.05) is 12.1 Å². The van der Waals surface area contributed by atoms with Crippen molar-refractivity contribution in [2.24, 2.45) is 0 Å². The lowest BCUT2D eigenvalue weighted by Gasteiger charge is -2.22.